The summed E-state index contributed by atoms with van der Waals surface area (Å²) < 4.78 is 4.12. The summed E-state index contributed by atoms with van der Waals surface area (Å²) in [5.74, 6) is 0.210. The van der Waals surface area contributed by atoms with Crippen molar-refractivity contribution in [2.75, 3.05) is 19.6 Å². The van der Waals surface area contributed by atoms with E-state index in [1.165, 1.54) is 0 Å². The van der Waals surface area contributed by atoms with Crippen LogP contribution in [0, 0.1) is 0 Å². The van der Waals surface area contributed by atoms with Gasteiger partial charge < -0.3 is 14.7 Å². The van der Waals surface area contributed by atoms with Crippen molar-refractivity contribution in [1.82, 2.24) is 24.2 Å². The lowest BCUT2D eigenvalue weighted by Crippen LogP contribution is -2.60. The Morgan fingerprint density at radius 1 is 0.521 bits per heavy atom. The van der Waals surface area contributed by atoms with Gasteiger partial charge in [0.2, 0.25) is 18.1 Å². The maximum atomic E-state index is 13.8. The van der Waals surface area contributed by atoms with Crippen LogP contribution >= 0.6 is 0 Å². The highest BCUT2D eigenvalue weighted by molar-refractivity contribution is 5.83. The first kappa shape index (κ1) is 43.6. The molecule has 0 aromatic carbocycles. The summed E-state index contributed by atoms with van der Waals surface area (Å²) in [4.78, 5) is 48.8. The predicted molar refractivity (Wildman–Crippen MR) is 199 cm³/mol. The average Bonchev–Trinajstić information content (AvgIpc) is 3.21. The lowest BCUT2D eigenvalue weighted by Gasteiger charge is -2.47. The third-order valence-corrected chi connectivity index (χ3v) is 8.20. The molecule has 0 N–H and O–H groups in total. The van der Waals surface area contributed by atoms with Gasteiger partial charge in [0.05, 0.1) is 19.6 Å². The first-order chi connectivity index (χ1) is 21.4. The standard InChI is InChI=1S/C39H75N6O3/c1-34(2,3)43(35(4,5)6)31(46)27-41(28-32(47)44(36(7,8)9)37(10,11)12)24-22-20-19-21-23-40-25-26-42(30-40)29-33(48)45(38(13,14)15)39(16,17)18/h25-26,30H,19-24,27-29H2,1-18H3/q+1. The van der Waals surface area contributed by atoms with Crippen molar-refractivity contribution in [1.29, 1.82) is 0 Å². The minimum atomic E-state index is -0.337. The molecule has 1 aromatic heterocycles. The topological polar surface area (TPSA) is 73.0 Å². The van der Waals surface area contributed by atoms with Gasteiger partial charge in [-0.1, -0.05) is 6.42 Å². The molecule has 0 aliphatic rings. The molecule has 1 aromatic rings. The van der Waals surface area contributed by atoms with E-state index < -0.39 is 0 Å². The molecule has 0 fully saturated rings. The van der Waals surface area contributed by atoms with Crippen molar-refractivity contribution in [2.45, 2.75) is 197 Å². The summed E-state index contributed by atoms with van der Waals surface area (Å²) in [6, 6.07) is 0. The van der Waals surface area contributed by atoms with Crippen LogP contribution < -0.4 is 4.57 Å². The maximum Gasteiger partial charge on any atom is 0.265 e. The average molecular weight is 676 g/mol. The second-order valence-electron chi connectivity index (χ2n) is 19.7. The Hall–Kier alpha value is -2.42. The number of aromatic nitrogens is 2. The second-order valence-corrected chi connectivity index (χ2v) is 19.7. The molecule has 9 heteroatoms. The molecule has 9 nitrogen and oxygen atoms in total. The van der Waals surface area contributed by atoms with Crippen LogP contribution in [-0.4, -0.2) is 94.8 Å². The van der Waals surface area contributed by atoms with Crippen LogP contribution in [0.4, 0.5) is 0 Å². The Morgan fingerprint density at radius 2 is 0.875 bits per heavy atom. The highest BCUT2D eigenvalue weighted by Crippen LogP contribution is 2.28. The molecule has 0 aliphatic heterocycles. The zero-order valence-electron chi connectivity index (χ0n) is 34.5. The van der Waals surface area contributed by atoms with Gasteiger partial charge in [-0.3, -0.25) is 19.3 Å². The number of nitrogens with zero attached hydrogens (tertiary/aromatic N) is 6. The van der Waals surface area contributed by atoms with E-state index in [1.54, 1.807) is 0 Å². The van der Waals surface area contributed by atoms with Gasteiger partial charge in [-0.2, -0.15) is 0 Å². The summed E-state index contributed by atoms with van der Waals surface area (Å²) in [7, 11) is 0. The van der Waals surface area contributed by atoms with Crippen LogP contribution in [0.25, 0.3) is 0 Å². The molecule has 0 radical (unpaired) electrons. The van der Waals surface area contributed by atoms with Crippen LogP contribution in [0.1, 0.15) is 150 Å². The van der Waals surface area contributed by atoms with Gasteiger partial charge in [0.25, 0.3) is 5.91 Å². The number of imidazole rings is 1. The molecule has 0 unspecified atom stereocenters. The van der Waals surface area contributed by atoms with Crippen LogP contribution in [0.2, 0.25) is 0 Å². The number of amides is 3. The van der Waals surface area contributed by atoms with Gasteiger partial charge >= 0.3 is 0 Å². The fraction of sp³-hybridized carbons (Fsp3) is 0.846. The fourth-order valence-corrected chi connectivity index (χ4v) is 7.88. The van der Waals surface area contributed by atoms with E-state index in [1.807, 2.05) is 38.0 Å². The van der Waals surface area contributed by atoms with Crippen molar-refractivity contribution in [2.24, 2.45) is 0 Å². The smallest absolute Gasteiger partial charge is 0.265 e. The Balaban J connectivity index is 2.90. The SMILES string of the molecule is CC(C)(C)N(C(=O)CN(CCCCCCn1cc[n+](CC(=O)N(C(C)(C)C)C(C)(C)C)c1)CC(=O)N(C(C)(C)C)C(C)(C)C)C(C)(C)C. The quantitative estimate of drug-likeness (QED) is 0.168. The van der Waals surface area contributed by atoms with Crippen LogP contribution in [0.3, 0.4) is 0 Å². The van der Waals surface area contributed by atoms with Crippen molar-refractivity contribution in [3.63, 3.8) is 0 Å². The van der Waals surface area contributed by atoms with Crippen molar-refractivity contribution < 1.29 is 19.0 Å². The molecule has 0 aliphatic carbocycles. The lowest BCUT2D eigenvalue weighted by atomic mass is 9.95. The molecular weight excluding hydrogens is 600 g/mol. The minimum absolute atomic E-state index is 0.0494. The van der Waals surface area contributed by atoms with Crippen LogP contribution in [0.15, 0.2) is 18.7 Å². The second kappa shape index (κ2) is 16.1. The minimum Gasteiger partial charge on any atom is -0.332 e. The Morgan fingerprint density at radius 3 is 1.25 bits per heavy atom. The third-order valence-electron chi connectivity index (χ3n) is 8.20. The number of rotatable bonds is 13. The Kier molecular flexibility index (Phi) is 14.6. The molecule has 3 amide bonds. The van der Waals surface area contributed by atoms with Gasteiger partial charge in [0.15, 0.2) is 6.54 Å². The van der Waals surface area contributed by atoms with Gasteiger partial charge in [-0.05, 0) is 150 Å². The van der Waals surface area contributed by atoms with Crippen LogP contribution in [0.5, 0.6) is 0 Å². The summed E-state index contributed by atoms with van der Waals surface area (Å²) in [6.45, 7) is 39.7. The lowest BCUT2D eigenvalue weighted by molar-refractivity contribution is -0.684. The van der Waals surface area contributed by atoms with E-state index in [2.05, 4.69) is 134 Å². The molecule has 1 heterocycles. The third kappa shape index (κ3) is 13.8. The summed E-state index contributed by atoms with van der Waals surface area (Å²) in [5.41, 5.74) is -1.86. The number of carbonyl (C=O) groups excluding carboxylic acids is 3. The number of hydrogen-bond acceptors (Lipinski definition) is 4. The van der Waals surface area contributed by atoms with E-state index in [9.17, 15) is 14.4 Å². The monoisotopic (exact) mass is 676 g/mol. The highest BCUT2D eigenvalue weighted by atomic mass is 16.2. The van der Waals surface area contributed by atoms with Gasteiger partial charge in [0, 0.05) is 33.2 Å². The van der Waals surface area contributed by atoms with Gasteiger partial charge in [-0.15, -0.1) is 0 Å². The van der Waals surface area contributed by atoms with Crippen molar-refractivity contribution in [3.05, 3.63) is 18.7 Å². The van der Waals surface area contributed by atoms with E-state index in [0.717, 1.165) is 32.2 Å². The summed E-state index contributed by atoms with van der Waals surface area (Å²) in [5, 5.41) is 0. The molecular formula is C39H75N6O3+. The Bertz CT molecular complexity index is 1100. The normalized spacial score (nSPS) is 13.6. The summed E-state index contributed by atoms with van der Waals surface area (Å²) >= 11 is 0. The molecule has 0 spiro atoms. The first-order valence-corrected chi connectivity index (χ1v) is 18.1. The molecule has 0 saturated carbocycles. The fourth-order valence-electron chi connectivity index (χ4n) is 7.88. The molecule has 278 valence electrons. The van der Waals surface area contributed by atoms with Crippen LogP contribution in [-0.2, 0) is 27.5 Å². The number of aryl methyl sites for hydroxylation is 1. The first-order valence-electron chi connectivity index (χ1n) is 18.1. The predicted octanol–water partition coefficient (Wildman–Crippen LogP) is 6.91. The number of unbranched alkanes of at least 4 members (excludes halogenated alkanes) is 3. The zero-order valence-corrected chi connectivity index (χ0v) is 34.5. The van der Waals surface area contributed by atoms with E-state index in [0.29, 0.717) is 13.1 Å². The highest BCUT2D eigenvalue weighted by Gasteiger charge is 2.39. The molecule has 0 saturated heterocycles. The number of hydrogen-bond donors (Lipinski definition) is 0. The molecule has 0 bridgehead atoms. The van der Waals surface area contributed by atoms with E-state index in [-0.39, 0.29) is 64.0 Å². The molecule has 1 rings (SSSR count). The number of carbonyl (C=O) groups is 3. The van der Waals surface area contributed by atoms with Gasteiger partial charge in [-0.25, -0.2) is 9.13 Å². The largest absolute Gasteiger partial charge is 0.332 e. The maximum absolute atomic E-state index is 13.8. The zero-order chi connectivity index (χ0) is 37.7. The molecule has 0 atom stereocenters. The van der Waals surface area contributed by atoms with Crippen molar-refractivity contribution >= 4 is 17.7 Å². The van der Waals surface area contributed by atoms with E-state index in [4.69, 9.17) is 0 Å². The summed E-state index contributed by atoms with van der Waals surface area (Å²) in [6.07, 6.45) is 10.0. The van der Waals surface area contributed by atoms with Gasteiger partial charge in [0.1, 0.15) is 12.4 Å². The molecule has 48 heavy (non-hydrogen) atoms. The van der Waals surface area contributed by atoms with E-state index >= 15 is 0 Å². The van der Waals surface area contributed by atoms with Crippen molar-refractivity contribution in [3.8, 4) is 0 Å². The Labute approximate surface area is 295 Å².